The maximum absolute atomic E-state index is 12.5. The van der Waals surface area contributed by atoms with Crippen molar-refractivity contribution in [3.8, 4) is 0 Å². The molecule has 0 aromatic carbocycles. The molecule has 3 aliphatic heterocycles. The monoisotopic (exact) mass is 366 g/mol. The van der Waals surface area contributed by atoms with Gasteiger partial charge in [0.05, 0.1) is 6.54 Å². The van der Waals surface area contributed by atoms with Crippen LogP contribution in [0.3, 0.4) is 0 Å². The Labute approximate surface area is 156 Å². The highest BCUT2D eigenvalue weighted by Crippen LogP contribution is 2.23. The Morgan fingerprint density at radius 2 is 1.65 bits per heavy atom. The van der Waals surface area contributed by atoms with Crippen LogP contribution in [-0.2, 0) is 9.59 Å². The summed E-state index contributed by atoms with van der Waals surface area (Å²) in [7, 11) is 2.19. The van der Waals surface area contributed by atoms with E-state index in [2.05, 4.69) is 21.7 Å². The molecule has 3 aliphatic rings. The molecule has 148 valence electrons. The van der Waals surface area contributed by atoms with Gasteiger partial charge in [-0.2, -0.15) is 0 Å². The van der Waals surface area contributed by atoms with Crippen LogP contribution in [0.25, 0.3) is 0 Å². The molecule has 0 saturated carbocycles. The lowest BCUT2D eigenvalue weighted by atomic mass is 9.92. The molecule has 0 radical (unpaired) electrons. The number of hydrogen-bond donors (Lipinski definition) is 1. The van der Waals surface area contributed by atoms with Crippen LogP contribution in [0.5, 0.6) is 0 Å². The smallest absolute Gasteiger partial charge is 0.317 e. The number of hydrogen-bond acceptors (Lipinski definition) is 5. The average molecular weight is 367 g/mol. The quantitative estimate of drug-likeness (QED) is 0.735. The molecule has 0 aromatic heterocycles. The van der Waals surface area contributed by atoms with Crippen LogP contribution < -0.4 is 0 Å². The third-order valence-corrected chi connectivity index (χ3v) is 6.38. The first-order chi connectivity index (χ1) is 12.5. The lowest BCUT2D eigenvalue weighted by molar-refractivity contribution is -0.138. The minimum atomic E-state index is -0.748. The summed E-state index contributed by atoms with van der Waals surface area (Å²) in [6, 6.07) is 0.674. The second kappa shape index (κ2) is 9.15. The Morgan fingerprint density at radius 1 is 0.962 bits per heavy atom. The lowest BCUT2D eigenvalue weighted by Gasteiger charge is -2.38. The predicted molar refractivity (Wildman–Crippen MR) is 100 cm³/mol. The van der Waals surface area contributed by atoms with Crippen LogP contribution in [-0.4, -0.2) is 109 Å². The van der Waals surface area contributed by atoms with Gasteiger partial charge in [-0.25, -0.2) is 0 Å². The Kier molecular flexibility index (Phi) is 6.89. The summed E-state index contributed by atoms with van der Waals surface area (Å²) >= 11 is 0. The number of rotatable bonds is 6. The van der Waals surface area contributed by atoms with Gasteiger partial charge in [-0.3, -0.25) is 19.4 Å². The summed E-state index contributed by atoms with van der Waals surface area (Å²) in [6.45, 7) is 7.96. The lowest BCUT2D eigenvalue weighted by Crippen LogP contribution is -2.52. The largest absolute Gasteiger partial charge is 0.480 e. The number of likely N-dealkylation sites (tertiary alicyclic amines) is 2. The summed E-state index contributed by atoms with van der Waals surface area (Å²) in [4.78, 5) is 32.3. The maximum atomic E-state index is 12.5. The minimum Gasteiger partial charge on any atom is -0.480 e. The molecule has 7 nitrogen and oxygen atoms in total. The number of carbonyl (C=O) groups is 2. The standard InChI is InChI=1S/C19H34N4O3/c1-20-7-6-17(14-20)22-10-12-23(13-11-22)18(24)3-2-16-4-8-21(9-5-16)15-19(25)26/h16-17H,2-15H2,1H3,(H,25,26). The fourth-order valence-electron chi connectivity index (χ4n) is 4.66. The predicted octanol–water partition coefficient (Wildman–Crippen LogP) is 0.412. The zero-order valence-corrected chi connectivity index (χ0v) is 16.1. The zero-order valence-electron chi connectivity index (χ0n) is 16.1. The van der Waals surface area contributed by atoms with E-state index in [0.717, 1.165) is 65.1 Å². The molecule has 7 heteroatoms. The van der Waals surface area contributed by atoms with Crippen LogP contribution >= 0.6 is 0 Å². The Morgan fingerprint density at radius 3 is 2.23 bits per heavy atom. The fourth-order valence-corrected chi connectivity index (χ4v) is 4.66. The highest BCUT2D eigenvalue weighted by Gasteiger charge is 2.30. The molecule has 0 aliphatic carbocycles. The van der Waals surface area contributed by atoms with E-state index in [1.807, 2.05) is 4.90 Å². The molecule has 26 heavy (non-hydrogen) atoms. The van der Waals surface area contributed by atoms with Crippen LogP contribution in [0.4, 0.5) is 0 Å². The number of carboxylic acid groups (broad SMARTS) is 1. The van der Waals surface area contributed by atoms with E-state index in [1.165, 1.54) is 13.0 Å². The van der Waals surface area contributed by atoms with E-state index in [4.69, 9.17) is 5.11 Å². The molecule has 3 heterocycles. The average Bonchev–Trinajstić information content (AvgIpc) is 3.07. The van der Waals surface area contributed by atoms with Gasteiger partial charge in [0, 0.05) is 45.2 Å². The van der Waals surface area contributed by atoms with E-state index in [9.17, 15) is 9.59 Å². The molecule has 0 bridgehead atoms. The second-order valence-electron chi connectivity index (χ2n) is 8.27. The van der Waals surface area contributed by atoms with Crippen molar-refractivity contribution in [2.75, 3.05) is 66.0 Å². The highest BCUT2D eigenvalue weighted by atomic mass is 16.4. The van der Waals surface area contributed by atoms with Gasteiger partial charge in [0.25, 0.3) is 0 Å². The number of aliphatic carboxylic acids is 1. The van der Waals surface area contributed by atoms with Crippen molar-refractivity contribution in [2.24, 2.45) is 5.92 Å². The molecule has 3 saturated heterocycles. The summed E-state index contributed by atoms with van der Waals surface area (Å²) in [5, 5.41) is 8.86. The summed E-state index contributed by atoms with van der Waals surface area (Å²) in [5.74, 6) is 0.127. The van der Waals surface area contributed by atoms with E-state index < -0.39 is 5.97 Å². The van der Waals surface area contributed by atoms with E-state index >= 15 is 0 Å². The van der Waals surface area contributed by atoms with Crippen molar-refractivity contribution in [3.63, 3.8) is 0 Å². The van der Waals surface area contributed by atoms with Crippen LogP contribution in [0.1, 0.15) is 32.1 Å². The topological polar surface area (TPSA) is 67.3 Å². The third kappa shape index (κ3) is 5.41. The van der Waals surface area contributed by atoms with E-state index in [-0.39, 0.29) is 6.54 Å². The molecule has 1 N–H and O–H groups in total. The molecule has 3 rings (SSSR count). The van der Waals surface area contributed by atoms with Crippen LogP contribution in [0, 0.1) is 5.92 Å². The van der Waals surface area contributed by atoms with Crippen molar-refractivity contribution in [3.05, 3.63) is 0 Å². The van der Waals surface area contributed by atoms with Crippen molar-refractivity contribution in [1.29, 1.82) is 0 Å². The number of carboxylic acids is 1. The van der Waals surface area contributed by atoms with E-state index in [1.54, 1.807) is 0 Å². The van der Waals surface area contributed by atoms with Gasteiger partial charge < -0.3 is 14.9 Å². The fraction of sp³-hybridized carbons (Fsp3) is 0.895. The van der Waals surface area contributed by atoms with Gasteiger partial charge in [-0.1, -0.05) is 0 Å². The highest BCUT2D eigenvalue weighted by molar-refractivity contribution is 5.76. The molecule has 3 fully saturated rings. The molecule has 0 aromatic rings. The van der Waals surface area contributed by atoms with Crippen LogP contribution in [0.2, 0.25) is 0 Å². The number of amides is 1. The zero-order chi connectivity index (χ0) is 18.5. The Balaban J connectivity index is 1.32. The normalized spacial score (nSPS) is 27.1. The Hall–Kier alpha value is -1.18. The molecular weight excluding hydrogens is 332 g/mol. The Bertz CT molecular complexity index is 485. The van der Waals surface area contributed by atoms with Crippen molar-refractivity contribution in [2.45, 2.75) is 38.1 Å². The molecule has 1 unspecified atom stereocenters. The molecule has 1 atom stereocenters. The molecule has 0 spiro atoms. The van der Waals surface area contributed by atoms with Gasteiger partial charge in [-0.05, 0) is 58.3 Å². The van der Waals surface area contributed by atoms with E-state index in [0.29, 0.717) is 24.3 Å². The summed E-state index contributed by atoms with van der Waals surface area (Å²) in [6.07, 6.45) is 4.89. The first-order valence-corrected chi connectivity index (χ1v) is 10.2. The van der Waals surface area contributed by atoms with Crippen molar-refractivity contribution < 1.29 is 14.7 Å². The summed E-state index contributed by atoms with van der Waals surface area (Å²) in [5.41, 5.74) is 0. The van der Waals surface area contributed by atoms with Crippen molar-refractivity contribution in [1.82, 2.24) is 19.6 Å². The van der Waals surface area contributed by atoms with Crippen LogP contribution in [0.15, 0.2) is 0 Å². The summed E-state index contributed by atoms with van der Waals surface area (Å²) < 4.78 is 0. The number of piperazine rings is 1. The number of piperidine rings is 1. The molecule has 1 amide bonds. The number of nitrogens with zero attached hydrogens (tertiary/aromatic N) is 4. The molecular formula is C19H34N4O3. The second-order valence-corrected chi connectivity index (χ2v) is 8.27. The first-order valence-electron chi connectivity index (χ1n) is 10.2. The third-order valence-electron chi connectivity index (χ3n) is 6.38. The van der Waals surface area contributed by atoms with Gasteiger partial charge >= 0.3 is 5.97 Å². The van der Waals surface area contributed by atoms with Gasteiger partial charge in [0.2, 0.25) is 5.91 Å². The van der Waals surface area contributed by atoms with Gasteiger partial charge in [-0.15, -0.1) is 0 Å². The minimum absolute atomic E-state index is 0.146. The number of likely N-dealkylation sites (N-methyl/N-ethyl adjacent to an activating group) is 1. The van der Waals surface area contributed by atoms with Crippen molar-refractivity contribution >= 4 is 11.9 Å². The number of carbonyl (C=O) groups excluding carboxylic acids is 1. The van der Waals surface area contributed by atoms with Gasteiger partial charge in [0.15, 0.2) is 0 Å². The van der Waals surface area contributed by atoms with Gasteiger partial charge in [0.1, 0.15) is 0 Å². The SMILES string of the molecule is CN1CCC(N2CCN(C(=O)CCC3CCN(CC(=O)O)CC3)CC2)C1. The first kappa shape index (κ1) is 19.6. The maximum Gasteiger partial charge on any atom is 0.317 e.